The van der Waals surface area contributed by atoms with Crippen LogP contribution in [0.25, 0.3) is 0 Å². The second kappa shape index (κ2) is 6.14. The Morgan fingerprint density at radius 2 is 1.55 bits per heavy atom. The molecule has 1 heterocycles. The van der Waals surface area contributed by atoms with E-state index in [-0.39, 0.29) is 5.75 Å². The largest absolute Gasteiger partial charge is 0.369 e. The number of anilines is 1. The van der Waals surface area contributed by atoms with Crippen molar-refractivity contribution < 1.29 is 8.42 Å². The average Bonchev–Trinajstić information content (AvgIpc) is 2.38. The Bertz CT molecular complexity index is 541. The van der Waals surface area contributed by atoms with E-state index < -0.39 is 10.0 Å². The van der Waals surface area contributed by atoms with Gasteiger partial charge in [0.05, 0.1) is 5.75 Å². The van der Waals surface area contributed by atoms with E-state index in [2.05, 4.69) is 36.9 Å². The van der Waals surface area contributed by atoms with Crippen LogP contribution in [0.15, 0.2) is 18.2 Å². The molecule has 5 heteroatoms. The van der Waals surface area contributed by atoms with Crippen molar-refractivity contribution >= 4 is 15.7 Å². The number of sulfonamides is 1. The molecule has 1 aromatic carbocycles. The third kappa shape index (κ3) is 3.52. The van der Waals surface area contributed by atoms with Crippen LogP contribution in [0.5, 0.6) is 0 Å². The van der Waals surface area contributed by atoms with E-state index in [0.717, 1.165) is 13.1 Å². The number of hydrogen-bond donors (Lipinski definition) is 0. The van der Waals surface area contributed by atoms with Gasteiger partial charge in [0, 0.05) is 31.9 Å². The highest BCUT2D eigenvalue weighted by Crippen LogP contribution is 2.21. The summed E-state index contributed by atoms with van der Waals surface area (Å²) in [7, 11) is -3.05. The highest BCUT2D eigenvalue weighted by Gasteiger charge is 2.26. The molecule has 1 saturated heterocycles. The van der Waals surface area contributed by atoms with Crippen molar-refractivity contribution in [2.75, 3.05) is 36.8 Å². The summed E-state index contributed by atoms with van der Waals surface area (Å²) in [5.74, 6) is 0.260. The zero-order valence-electron chi connectivity index (χ0n) is 12.6. The van der Waals surface area contributed by atoms with Crippen LogP contribution in [-0.4, -0.2) is 44.7 Å². The van der Waals surface area contributed by atoms with Crippen LogP contribution in [0.3, 0.4) is 0 Å². The molecule has 0 spiro atoms. The predicted molar refractivity (Wildman–Crippen MR) is 83.8 cm³/mol. The van der Waals surface area contributed by atoms with E-state index in [4.69, 9.17) is 0 Å². The maximum Gasteiger partial charge on any atom is 0.214 e. The lowest BCUT2D eigenvalue weighted by Gasteiger charge is -2.35. The van der Waals surface area contributed by atoms with Crippen molar-refractivity contribution in [3.63, 3.8) is 0 Å². The third-order valence-electron chi connectivity index (χ3n) is 3.67. The summed E-state index contributed by atoms with van der Waals surface area (Å²) in [6, 6.07) is 6.50. The van der Waals surface area contributed by atoms with Crippen molar-refractivity contribution in [2.24, 2.45) is 0 Å². The number of nitrogens with zero attached hydrogens (tertiary/aromatic N) is 2. The smallest absolute Gasteiger partial charge is 0.214 e. The Labute approximate surface area is 122 Å². The zero-order chi connectivity index (χ0) is 14.8. The molecular formula is C15H24N2O2S. The maximum atomic E-state index is 12.0. The minimum atomic E-state index is -3.05. The van der Waals surface area contributed by atoms with Gasteiger partial charge in [-0.15, -0.1) is 0 Å². The van der Waals surface area contributed by atoms with Gasteiger partial charge in [0.15, 0.2) is 0 Å². The van der Waals surface area contributed by atoms with Crippen LogP contribution in [0.2, 0.25) is 0 Å². The van der Waals surface area contributed by atoms with Crippen LogP contribution in [0.1, 0.15) is 24.5 Å². The van der Waals surface area contributed by atoms with Crippen LogP contribution in [0, 0.1) is 13.8 Å². The van der Waals surface area contributed by atoms with Crippen molar-refractivity contribution in [1.29, 1.82) is 0 Å². The monoisotopic (exact) mass is 296 g/mol. The number of rotatable bonds is 4. The van der Waals surface area contributed by atoms with Gasteiger partial charge in [0.2, 0.25) is 10.0 Å². The summed E-state index contributed by atoms with van der Waals surface area (Å²) in [5.41, 5.74) is 3.71. The molecule has 20 heavy (non-hydrogen) atoms. The maximum absolute atomic E-state index is 12.0. The molecule has 4 nitrogen and oxygen atoms in total. The molecule has 0 aromatic heterocycles. The first kappa shape index (κ1) is 15.3. The molecule has 1 aliphatic rings. The van der Waals surface area contributed by atoms with Crippen molar-refractivity contribution in [2.45, 2.75) is 27.2 Å². The predicted octanol–water partition coefficient (Wildman–Crippen LogP) is 2.17. The van der Waals surface area contributed by atoms with Gasteiger partial charge in [-0.3, -0.25) is 0 Å². The summed E-state index contributed by atoms with van der Waals surface area (Å²) in [6.07, 6.45) is 0.680. The Kier molecular flexibility index (Phi) is 4.70. The Hall–Kier alpha value is -1.07. The fourth-order valence-corrected chi connectivity index (χ4v) is 4.24. The van der Waals surface area contributed by atoms with Gasteiger partial charge in [0.25, 0.3) is 0 Å². The molecule has 1 aromatic rings. The lowest BCUT2D eigenvalue weighted by atomic mass is 10.1. The third-order valence-corrected chi connectivity index (χ3v) is 5.74. The minimum Gasteiger partial charge on any atom is -0.369 e. The van der Waals surface area contributed by atoms with E-state index in [1.165, 1.54) is 16.8 Å². The molecule has 0 bridgehead atoms. The fourth-order valence-electron chi connectivity index (χ4n) is 2.74. The first-order valence-corrected chi connectivity index (χ1v) is 8.84. The second-order valence-electron chi connectivity index (χ2n) is 5.55. The molecule has 112 valence electrons. The van der Waals surface area contributed by atoms with Crippen molar-refractivity contribution in [3.05, 3.63) is 29.3 Å². The van der Waals surface area contributed by atoms with E-state index in [1.54, 1.807) is 4.31 Å². The Balaban J connectivity index is 2.04. The standard InChI is InChI=1S/C15H24N2O2S/c1-4-9-20(18,19)17-7-5-16(6-8-17)15-11-13(2)10-14(3)12-15/h10-12H,4-9H2,1-3H3. The number of aryl methyl sites for hydroxylation is 2. The normalized spacial score (nSPS) is 17.4. The molecular weight excluding hydrogens is 272 g/mol. The van der Waals surface area contributed by atoms with Gasteiger partial charge < -0.3 is 4.90 Å². The van der Waals surface area contributed by atoms with Gasteiger partial charge in [-0.25, -0.2) is 8.42 Å². The SMILES string of the molecule is CCCS(=O)(=O)N1CCN(c2cc(C)cc(C)c2)CC1. The molecule has 1 aliphatic heterocycles. The highest BCUT2D eigenvalue weighted by molar-refractivity contribution is 7.89. The molecule has 2 rings (SSSR count). The summed E-state index contributed by atoms with van der Waals surface area (Å²) in [4.78, 5) is 2.28. The van der Waals surface area contributed by atoms with Gasteiger partial charge in [-0.1, -0.05) is 13.0 Å². The molecule has 0 N–H and O–H groups in total. The highest BCUT2D eigenvalue weighted by atomic mass is 32.2. The first-order chi connectivity index (χ1) is 9.42. The molecule has 0 radical (unpaired) electrons. The summed E-state index contributed by atoms with van der Waals surface area (Å²) >= 11 is 0. The van der Waals surface area contributed by atoms with Gasteiger partial charge in [0.1, 0.15) is 0 Å². The topological polar surface area (TPSA) is 40.6 Å². The molecule has 1 fully saturated rings. The van der Waals surface area contributed by atoms with Crippen molar-refractivity contribution in [3.8, 4) is 0 Å². The molecule has 0 unspecified atom stereocenters. The number of piperazine rings is 1. The quantitative estimate of drug-likeness (QED) is 0.855. The fraction of sp³-hybridized carbons (Fsp3) is 0.600. The van der Waals surface area contributed by atoms with Gasteiger partial charge in [-0.05, 0) is 43.5 Å². The van der Waals surface area contributed by atoms with Crippen LogP contribution >= 0.6 is 0 Å². The van der Waals surface area contributed by atoms with Crippen LogP contribution in [0.4, 0.5) is 5.69 Å². The second-order valence-corrected chi connectivity index (χ2v) is 7.64. The first-order valence-electron chi connectivity index (χ1n) is 7.23. The summed E-state index contributed by atoms with van der Waals surface area (Å²) in [5, 5.41) is 0. The number of benzene rings is 1. The van der Waals surface area contributed by atoms with E-state index in [0.29, 0.717) is 19.5 Å². The lowest BCUT2D eigenvalue weighted by molar-refractivity contribution is 0.384. The van der Waals surface area contributed by atoms with Crippen molar-refractivity contribution in [1.82, 2.24) is 4.31 Å². The molecule has 0 amide bonds. The average molecular weight is 296 g/mol. The van der Waals surface area contributed by atoms with E-state index >= 15 is 0 Å². The molecule has 0 saturated carbocycles. The Morgan fingerprint density at radius 3 is 2.05 bits per heavy atom. The zero-order valence-corrected chi connectivity index (χ0v) is 13.4. The van der Waals surface area contributed by atoms with Crippen LogP contribution in [-0.2, 0) is 10.0 Å². The van der Waals surface area contributed by atoms with E-state index in [1.807, 2.05) is 6.92 Å². The van der Waals surface area contributed by atoms with Crippen LogP contribution < -0.4 is 4.90 Å². The molecule has 0 aliphatic carbocycles. The molecule has 0 atom stereocenters. The minimum absolute atomic E-state index is 0.260. The van der Waals surface area contributed by atoms with Gasteiger partial charge >= 0.3 is 0 Å². The number of hydrogen-bond acceptors (Lipinski definition) is 3. The lowest BCUT2D eigenvalue weighted by Crippen LogP contribution is -2.49. The van der Waals surface area contributed by atoms with Gasteiger partial charge in [-0.2, -0.15) is 4.31 Å². The van der Waals surface area contributed by atoms with E-state index in [9.17, 15) is 8.42 Å². The summed E-state index contributed by atoms with van der Waals surface area (Å²) < 4.78 is 25.7. The summed E-state index contributed by atoms with van der Waals surface area (Å²) in [6.45, 7) is 8.82. The Morgan fingerprint density at radius 1 is 1.00 bits per heavy atom.